The van der Waals surface area contributed by atoms with Crippen LogP contribution in [0.1, 0.15) is 62.7 Å². The summed E-state index contributed by atoms with van der Waals surface area (Å²) in [5.41, 5.74) is 1.68. The van der Waals surface area contributed by atoms with Gasteiger partial charge in [0.2, 0.25) is 0 Å². The van der Waals surface area contributed by atoms with E-state index in [0.717, 1.165) is 60.2 Å². The minimum Gasteiger partial charge on any atom is -0.378 e. The highest BCUT2D eigenvalue weighted by atomic mass is 32.1. The lowest BCUT2D eigenvalue weighted by Gasteiger charge is -2.38. The van der Waals surface area contributed by atoms with Crippen molar-refractivity contribution < 1.29 is 9.53 Å². The van der Waals surface area contributed by atoms with Gasteiger partial charge < -0.3 is 15.0 Å². The first-order valence-electron chi connectivity index (χ1n) is 11.9. The fourth-order valence-electron chi connectivity index (χ4n) is 4.75. The maximum atomic E-state index is 12.8. The summed E-state index contributed by atoms with van der Waals surface area (Å²) in [5.74, 6) is 0.0102. The van der Waals surface area contributed by atoms with Crippen molar-refractivity contribution in [2.75, 3.05) is 44.3 Å². The summed E-state index contributed by atoms with van der Waals surface area (Å²) in [6.07, 6.45) is 7.79. The molecule has 1 aromatic heterocycles. The van der Waals surface area contributed by atoms with Crippen LogP contribution in [-0.2, 0) is 4.74 Å². The third kappa shape index (κ3) is 5.57. The largest absolute Gasteiger partial charge is 0.378 e. The number of nitrogens with one attached hydrogen (secondary N) is 1. The number of aromatic nitrogens is 1. The molecule has 1 amide bonds. The van der Waals surface area contributed by atoms with Crippen LogP contribution in [-0.4, -0.2) is 67.3 Å². The Bertz CT molecular complexity index is 858. The zero-order chi connectivity index (χ0) is 21.6. The maximum absolute atomic E-state index is 12.8. The minimum atomic E-state index is 0.0102. The van der Waals surface area contributed by atoms with E-state index in [-0.39, 0.29) is 5.91 Å². The van der Waals surface area contributed by atoms with Gasteiger partial charge in [0, 0.05) is 43.8 Å². The first-order valence-corrected chi connectivity index (χ1v) is 12.7. The number of anilines is 1. The van der Waals surface area contributed by atoms with E-state index in [4.69, 9.17) is 9.72 Å². The third-order valence-electron chi connectivity index (χ3n) is 6.78. The molecule has 2 fully saturated rings. The summed E-state index contributed by atoms with van der Waals surface area (Å²) >= 11 is 1.66. The number of benzene rings is 1. The Balaban J connectivity index is 1.36. The Labute approximate surface area is 190 Å². The van der Waals surface area contributed by atoms with E-state index in [1.165, 1.54) is 32.1 Å². The van der Waals surface area contributed by atoms with Gasteiger partial charge >= 0.3 is 0 Å². The van der Waals surface area contributed by atoms with Gasteiger partial charge in [-0.25, -0.2) is 4.98 Å². The molecular weight excluding hydrogens is 408 g/mol. The Morgan fingerprint density at radius 2 is 2.06 bits per heavy atom. The van der Waals surface area contributed by atoms with Crippen LogP contribution in [0.3, 0.4) is 0 Å². The van der Waals surface area contributed by atoms with E-state index in [1.54, 1.807) is 11.3 Å². The van der Waals surface area contributed by atoms with Crippen molar-refractivity contribution in [1.82, 2.24) is 15.2 Å². The monoisotopic (exact) mass is 444 g/mol. The molecule has 1 atom stereocenters. The molecule has 7 heteroatoms. The molecule has 1 unspecified atom stereocenters. The highest BCUT2D eigenvalue weighted by Crippen LogP contribution is 2.30. The summed E-state index contributed by atoms with van der Waals surface area (Å²) < 4.78 is 6.51. The van der Waals surface area contributed by atoms with Crippen molar-refractivity contribution in [1.29, 1.82) is 0 Å². The normalized spacial score (nSPS) is 19.1. The molecule has 1 N–H and O–H groups in total. The first-order chi connectivity index (χ1) is 15.2. The first kappa shape index (κ1) is 22.5. The molecule has 1 aliphatic heterocycles. The van der Waals surface area contributed by atoms with Crippen LogP contribution >= 0.6 is 11.3 Å². The number of rotatable bonds is 8. The smallest absolute Gasteiger partial charge is 0.251 e. The van der Waals surface area contributed by atoms with Gasteiger partial charge in [-0.2, -0.15) is 0 Å². The lowest BCUT2D eigenvalue weighted by atomic mass is 9.93. The van der Waals surface area contributed by atoms with Crippen LogP contribution in [0.2, 0.25) is 0 Å². The van der Waals surface area contributed by atoms with Crippen molar-refractivity contribution in [2.45, 2.75) is 64.5 Å². The molecular formula is C24H36N4O2S. The van der Waals surface area contributed by atoms with Crippen LogP contribution in [0.15, 0.2) is 18.2 Å². The Hall–Kier alpha value is -1.70. The second kappa shape index (κ2) is 10.7. The fraction of sp³-hybridized carbons (Fsp3) is 0.667. The minimum absolute atomic E-state index is 0.0102. The van der Waals surface area contributed by atoms with E-state index in [2.05, 4.69) is 29.0 Å². The van der Waals surface area contributed by atoms with E-state index in [9.17, 15) is 4.79 Å². The molecule has 0 radical (unpaired) electrons. The number of fused-ring (bicyclic) bond motifs is 1. The topological polar surface area (TPSA) is 57.7 Å². The zero-order valence-electron chi connectivity index (χ0n) is 18.9. The van der Waals surface area contributed by atoms with Gasteiger partial charge in [0.25, 0.3) is 5.91 Å². The predicted molar refractivity (Wildman–Crippen MR) is 128 cm³/mol. The van der Waals surface area contributed by atoms with Gasteiger partial charge in [-0.15, -0.1) is 0 Å². The molecule has 31 heavy (non-hydrogen) atoms. The predicted octanol–water partition coefficient (Wildman–Crippen LogP) is 4.30. The second-order valence-corrected chi connectivity index (χ2v) is 9.83. The number of hydrogen-bond acceptors (Lipinski definition) is 6. The lowest BCUT2D eigenvalue weighted by Crippen LogP contribution is -2.46. The van der Waals surface area contributed by atoms with Gasteiger partial charge in [-0.05, 0) is 44.4 Å². The fourth-order valence-corrected chi connectivity index (χ4v) is 5.81. The number of ether oxygens (including phenoxy) is 1. The average Bonchev–Trinajstić information content (AvgIpc) is 3.26. The van der Waals surface area contributed by atoms with Crippen LogP contribution in [0.4, 0.5) is 5.13 Å². The quantitative estimate of drug-likeness (QED) is 0.658. The Morgan fingerprint density at radius 1 is 1.29 bits per heavy atom. The van der Waals surface area contributed by atoms with Gasteiger partial charge in [-0.1, -0.05) is 37.5 Å². The van der Waals surface area contributed by atoms with E-state index >= 15 is 0 Å². The molecule has 4 rings (SSSR count). The second-order valence-electron chi connectivity index (χ2n) is 8.82. The van der Waals surface area contributed by atoms with Gasteiger partial charge in [0.05, 0.1) is 23.4 Å². The van der Waals surface area contributed by atoms with Gasteiger partial charge in [0.1, 0.15) is 0 Å². The van der Waals surface area contributed by atoms with Crippen LogP contribution in [0.5, 0.6) is 0 Å². The number of thiazole rings is 1. The van der Waals surface area contributed by atoms with Crippen molar-refractivity contribution in [2.24, 2.45) is 0 Å². The molecule has 2 aliphatic rings. The van der Waals surface area contributed by atoms with E-state index in [1.807, 2.05) is 18.2 Å². The molecule has 1 aromatic carbocycles. The molecule has 6 nitrogen and oxygen atoms in total. The molecule has 0 spiro atoms. The van der Waals surface area contributed by atoms with Crippen molar-refractivity contribution in [3.63, 3.8) is 0 Å². The van der Waals surface area contributed by atoms with E-state index in [0.29, 0.717) is 18.6 Å². The number of morpholine rings is 1. The molecule has 0 bridgehead atoms. The molecule has 1 aliphatic carbocycles. The highest BCUT2D eigenvalue weighted by Gasteiger charge is 2.24. The third-order valence-corrected chi connectivity index (χ3v) is 7.86. The summed E-state index contributed by atoms with van der Waals surface area (Å²) in [6, 6.07) is 7.09. The number of hydrogen-bond donors (Lipinski definition) is 1. The summed E-state index contributed by atoms with van der Waals surface area (Å²) in [5, 5.41) is 4.18. The van der Waals surface area contributed by atoms with Crippen molar-refractivity contribution >= 4 is 32.6 Å². The Morgan fingerprint density at radius 3 is 2.81 bits per heavy atom. The van der Waals surface area contributed by atoms with Crippen LogP contribution in [0, 0.1) is 0 Å². The van der Waals surface area contributed by atoms with Gasteiger partial charge in [0.15, 0.2) is 5.13 Å². The SMILES string of the molecule is CCC(C)N(CCNC(=O)c1ccc2nc(N3CCOCC3)sc2c1)C1CCCCC1. The molecule has 2 aromatic rings. The van der Waals surface area contributed by atoms with Gasteiger partial charge in [-0.3, -0.25) is 9.69 Å². The van der Waals surface area contributed by atoms with Crippen LogP contribution in [0.25, 0.3) is 10.2 Å². The number of amides is 1. The van der Waals surface area contributed by atoms with Crippen molar-refractivity contribution in [3.8, 4) is 0 Å². The molecule has 170 valence electrons. The number of carbonyl (C=O) groups is 1. The number of nitrogens with zero attached hydrogens (tertiary/aromatic N) is 3. The number of carbonyl (C=O) groups excluding carboxylic acids is 1. The summed E-state index contributed by atoms with van der Waals surface area (Å²) in [7, 11) is 0. The Kier molecular flexibility index (Phi) is 7.80. The highest BCUT2D eigenvalue weighted by molar-refractivity contribution is 7.22. The molecule has 1 saturated carbocycles. The lowest BCUT2D eigenvalue weighted by molar-refractivity contribution is 0.0903. The summed E-state index contributed by atoms with van der Waals surface area (Å²) in [4.78, 5) is 22.5. The average molecular weight is 445 g/mol. The molecule has 1 saturated heterocycles. The standard InChI is InChI=1S/C24H36N4O2S/c1-3-18(2)28(20-7-5-4-6-8-20)12-11-25-23(29)19-9-10-21-22(17-19)31-24(26-21)27-13-15-30-16-14-27/h9-10,17-18,20H,3-8,11-16H2,1-2H3,(H,25,29). The summed E-state index contributed by atoms with van der Waals surface area (Å²) in [6.45, 7) is 9.45. The van der Waals surface area contributed by atoms with E-state index < -0.39 is 0 Å². The molecule has 2 heterocycles. The maximum Gasteiger partial charge on any atom is 0.251 e. The zero-order valence-corrected chi connectivity index (χ0v) is 19.8. The van der Waals surface area contributed by atoms with Crippen LogP contribution < -0.4 is 10.2 Å². The van der Waals surface area contributed by atoms with Crippen molar-refractivity contribution in [3.05, 3.63) is 23.8 Å².